The van der Waals surface area contributed by atoms with Gasteiger partial charge in [0.1, 0.15) is 0 Å². The van der Waals surface area contributed by atoms with Crippen molar-refractivity contribution in [1.29, 1.82) is 0 Å². The van der Waals surface area contributed by atoms with E-state index < -0.39 is 16.7 Å². The van der Waals surface area contributed by atoms with Crippen molar-refractivity contribution in [3.05, 3.63) is 39.9 Å². The number of rotatable bonds is 5. The molecule has 7 heteroatoms. The van der Waals surface area contributed by atoms with E-state index in [1.54, 1.807) is 6.07 Å². The van der Waals surface area contributed by atoms with Gasteiger partial charge in [0.15, 0.2) is 5.79 Å². The first-order valence-corrected chi connectivity index (χ1v) is 5.78. The summed E-state index contributed by atoms with van der Waals surface area (Å²) in [7, 11) is 0. The Labute approximate surface area is 108 Å². The Morgan fingerprint density at radius 2 is 2.11 bits per heavy atom. The number of nitro benzene ring substituents is 1. The van der Waals surface area contributed by atoms with Crippen molar-refractivity contribution in [2.75, 3.05) is 13.2 Å². The van der Waals surface area contributed by atoms with Crippen LogP contribution < -0.4 is 0 Å². The van der Waals surface area contributed by atoms with Gasteiger partial charge in [-0.15, -0.1) is 0 Å². The summed E-state index contributed by atoms with van der Waals surface area (Å²) >= 11 is 0. The van der Waals surface area contributed by atoms with E-state index in [-0.39, 0.29) is 18.5 Å². The standard InChI is InChI=1S/C12H13NO6/c14-11(15)4-5-12(18-6-7-19-12)9-2-1-3-10(8-9)13(16)17/h1-3,8H,4-7H2,(H,14,15). The minimum atomic E-state index is -1.19. The quantitative estimate of drug-likeness (QED) is 0.643. The van der Waals surface area contributed by atoms with Crippen LogP contribution in [0.5, 0.6) is 0 Å². The third-order valence-electron chi connectivity index (χ3n) is 2.92. The van der Waals surface area contributed by atoms with Crippen LogP contribution in [0, 0.1) is 10.1 Å². The van der Waals surface area contributed by atoms with Crippen molar-refractivity contribution in [2.45, 2.75) is 18.6 Å². The number of carbonyl (C=O) groups is 1. The summed E-state index contributed by atoms with van der Waals surface area (Å²) in [6, 6.07) is 5.89. The Hall–Kier alpha value is -1.99. The Balaban J connectivity index is 2.30. The zero-order valence-corrected chi connectivity index (χ0v) is 10.1. The minimum absolute atomic E-state index is 0.0775. The van der Waals surface area contributed by atoms with E-state index in [4.69, 9.17) is 14.6 Å². The number of nitro groups is 1. The van der Waals surface area contributed by atoms with Crippen LogP contribution in [0.25, 0.3) is 0 Å². The van der Waals surface area contributed by atoms with Gasteiger partial charge < -0.3 is 14.6 Å². The van der Waals surface area contributed by atoms with Gasteiger partial charge in [0.25, 0.3) is 5.69 Å². The molecule has 1 fully saturated rings. The maximum Gasteiger partial charge on any atom is 0.303 e. The van der Waals surface area contributed by atoms with Crippen LogP contribution in [0.4, 0.5) is 5.69 Å². The van der Waals surface area contributed by atoms with Gasteiger partial charge in [-0.3, -0.25) is 14.9 Å². The average molecular weight is 267 g/mol. The zero-order chi connectivity index (χ0) is 13.9. The summed E-state index contributed by atoms with van der Waals surface area (Å²) in [4.78, 5) is 20.9. The molecule has 2 rings (SSSR count). The molecule has 1 N–H and O–H groups in total. The van der Waals surface area contributed by atoms with Gasteiger partial charge >= 0.3 is 5.97 Å². The highest BCUT2D eigenvalue weighted by atomic mass is 16.7. The second kappa shape index (κ2) is 5.33. The highest BCUT2D eigenvalue weighted by molar-refractivity contribution is 5.66. The smallest absolute Gasteiger partial charge is 0.303 e. The van der Waals surface area contributed by atoms with E-state index >= 15 is 0 Å². The third kappa shape index (κ3) is 2.88. The molecule has 19 heavy (non-hydrogen) atoms. The second-order valence-corrected chi connectivity index (χ2v) is 4.15. The predicted molar refractivity (Wildman–Crippen MR) is 63.5 cm³/mol. The fourth-order valence-electron chi connectivity index (χ4n) is 2.04. The topological polar surface area (TPSA) is 98.9 Å². The normalized spacial score (nSPS) is 17.3. The monoisotopic (exact) mass is 267 g/mol. The second-order valence-electron chi connectivity index (χ2n) is 4.15. The van der Waals surface area contributed by atoms with Crippen LogP contribution in [0.15, 0.2) is 24.3 Å². The van der Waals surface area contributed by atoms with Gasteiger partial charge in [0, 0.05) is 24.1 Å². The van der Waals surface area contributed by atoms with Crippen LogP contribution in [0.2, 0.25) is 0 Å². The van der Waals surface area contributed by atoms with Gasteiger partial charge in [-0.25, -0.2) is 0 Å². The third-order valence-corrected chi connectivity index (χ3v) is 2.92. The van der Waals surface area contributed by atoms with Gasteiger partial charge in [0.2, 0.25) is 0 Å². The van der Waals surface area contributed by atoms with E-state index in [1.807, 2.05) is 0 Å². The van der Waals surface area contributed by atoms with Crippen LogP contribution >= 0.6 is 0 Å². The molecule has 1 aromatic rings. The molecule has 0 spiro atoms. The molecule has 7 nitrogen and oxygen atoms in total. The lowest BCUT2D eigenvalue weighted by atomic mass is 10.00. The lowest BCUT2D eigenvalue weighted by Crippen LogP contribution is -2.28. The van der Waals surface area contributed by atoms with Gasteiger partial charge in [-0.05, 0) is 0 Å². The van der Waals surface area contributed by atoms with Crippen LogP contribution in [0.1, 0.15) is 18.4 Å². The fourth-order valence-corrected chi connectivity index (χ4v) is 2.04. The Morgan fingerprint density at radius 1 is 1.42 bits per heavy atom. The summed E-state index contributed by atoms with van der Waals surface area (Å²) in [5.41, 5.74) is 0.395. The molecule has 1 aliphatic rings. The SMILES string of the molecule is O=C(O)CCC1(c2cccc([N+](=O)[O-])c2)OCCO1. The molecule has 1 aromatic carbocycles. The number of hydrogen-bond donors (Lipinski definition) is 1. The Bertz CT molecular complexity index is 495. The van der Waals surface area contributed by atoms with E-state index in [0.29, 0.717) is 18.8 Å². The maximum atomic E-state index is 10.8. The molecule has 0 amide bonds. The number of carboxylic acids is 1. The molecule has 1 heterocycles. The molecule has 0 bridgehead atoms. The van der Waals surface area contributed by atoms with E-state index in [9.17, 15) is 14.9 Å². The summed E-state index contributed by atoms with van der Waals surface area (Å²) in [6.07, 6.45) is -0.0216. The molecular formula is C12H13NO6. The molecule has 0 unspecified atom stereocenters. The number of hydrogen-bond acceptors (Lipinski definition) is 5. The van der Waals surface area contributed by atoms with Crippen LogP contribution in [-0.2, 0) is 20.1 Å². The minimum Gasteiger partial charge on any atom is -0.481 e. The number of benzene rings is 1. The highest BCUT2D eigenvalue weighted by Crippen LogP contribution is 2.37. The lowest BCUT2D eigenvalue weighted by Gasteiger charge is -2.27. The van der Waals surface area contributed by atoms with Crippen LogP contribution in [-0.4, -0.2) is 29.2 Å². The highest BCUT2D eigenvalue weighted by Gasteiger charge is 2.39. The molecule has 102 valence electrons. The summed E-state index contributed by atoms with van der Waals surface area (Å²) in [5.74, 6) is -2.16. The molecule has 1 aliphatic heterocycles. The number of non-ortho nitro benzene ring substituents is 1. The molecule has 0 radical (unpaired) electrons. The van der Waals surface area contributed by atoms with E-state index in [1.165, 1.54) is 18.2 Å². The first-order valence-electron chi connectivity index (χ1n) is 5.78. The predicted octanol–water partition coefficient (Wildman–Crippen LogP) is 1.66. The summed E-state index contributed by atoms with van der Waals surface area (Å²) in [6.45, 7) is 0.671. The van der Waals surface area contributed by atoms with Crippen LogP contribution in [0.3, 0.4) is 0 Å². The maximum absolute atomic E-state index is 10.8. The Morgan fingerprint density at radius 3 is 2.68 bits per heavy atom. The molecule has 0 saturated carbocycles. The molecule has 0 aromatic heterocycles. The number of ether oxygens (including phenoxy) is 2. The van der Waals surface area contributed by atoms with Crippen molar-refractivity contribution >= 4 is 11.7 Å². The molecule has 0 atom stereocenters. The number of nitrogens with zero attached hydrogens (tertiary/aromatic N) is 1. The average Bonchev–Trinajstić information content (AvgIpc) is 2.86. The fraction of sp³-hybridized carbons (Fsp3) is 0.417. The molecule has 0 aliphatic carbocycles. The summed E-state index contributed by atoms with van der Waals surface area (Å²) < 4.78 is 11.0. The van der Waals surface area contributed by atoms with Gasteiger partial charge in [-0.2, -0.15) is 0 Å². The number of carboxylic acid groups (broad SMARTS) is 1. The van der Waals surface area contributed by atoms with Crippen molar-refractivity contribution < 1.29 is 24.3 Å². The van der Waals surface area contributed by atoms with E-state index in [2.05, 4.69) is 0 Å². The van der Waals surface area contributed by atoms with E-state index in [0.717, 1.165) is 0 Å². The van der Waals surface area contributed by atoms with Crippen molar-refractivity contribution in [2.24, 2.45) is 0 Å². The lowest BCUT2D eigenvalue weighted by molar-refractivity contribution is -0.385. The van der Waals surface area contributed by atoms with Crippen molar-refractivity contribution in [3.63, 3.8) is 0 Å². The largest absolute Gasteiger partial charge is 0.481 e. The first-order chi connectivity index (χ1) is 9.03. The zero-order valence-electron chi connectivity index (χ0n) is 10.1. The first kappa shape index (κ1) is 13.4. The summed E-state index contributed by atoms with van der Waals surface area (Å²) in [5, 5.41) is 19.5. The van der Waals surface area contributed by atoms with Crippen molar-refractivity contribution in [3.8, 4) is 0 Å². The van der Waals surface area contributed by atoms with Gasteiger partial charge in [0.05, 0.1) is 24.6 Å². The number of aliphatic carboxylic acids is 1. The van der Waals surface area contributed by atoms with Gasteiger partial charge in [-0.1, -0.05) is 12.1 Å². The molecule has 1 saturated heterocycles. The molecular weight excluding hydrogens is 254 g/mol. The van der Waals surface area contributed by atoms with Crippen molar-refractivity contribution in [1.82, 2.24) is 0 Å². The Kier molecular flexibility index (Phi) is 3.77.